The fourth-order valence-electron chi connectivity index (χ4n) is 4.95. The highest BCUT2D eigenvalue weighted by Gasteiger charge is 2.23. The van der Waals surface area contributed by atoms with Crippen molar-refractivity contribution in [1.82, 2.24) is 19.7 Å². The number of sulfonamides is 1. The molecule has 0 aliphatic heterocycles. The number of ether oxygens (including phenoxy) is 3. The van der Waals surface area contributed by atoms with Crippen LogP contribution in [0.4, 0.5) is 29.1 Å². The van der Waals surface area contributed by atoms with E-state index in [-0.39, 0.29) is 44.8 Å². The van der Waals surface area contributed by atoms with Gasteiger partial charge < -0.3 is 24.9 Å². The van der Waals surface area contributed by atoms with Crippen molar-refractivity contribution < 1.29 is 45.0 Å². The molecule has 258 valence electrons. The quantitative estimate of drug-likeness (QED) is 0.0964. The first-order valence-corrected chi connectivity index (χ1v) is 16.0. The fourth-order valence-corrected chi connectivity index (χ4v) is 6.01. The molecule has 0 amide bonds. The maximum absolute atomic E-state index is 14.1. The van der Waals surface area contributed by atoms with E-state index in [9.17, 15) is 30.8 Å². The number of aromatic nitrogens is 4. The summed E-state index contributed by atoms with van der Waals surface area (Å²) in [6.45, 7) is 0.631. The number of alkyl halides is 2. The molecule has 50 heavy (non-hydrogen) atoms. The van der Waals surface area contributed by atoms with Crippen LogP contribution in [0.15, 0.2) is 84.0 Å². The Morgan fingerprint density at radius 2 is 1.76 bits per heavy atom. The maximum atomic E-state index is 14.1. The molecule has 6 rings (SSSR count). The lowest BCUT2D eigenvalue weighted by Crippen LogP contribution is -2.15. The largest absolute Gasteiger partial charge is 0.497 e. The highest BCUT2D eigenvalue weighted by molar-refractivity contribution is 7.92. The van der Waals surface area contributed by atoms with Crippen molar-refractivity contribution in [3.05, 3.63) is 108 Å². The van der Waals surface area contributed by atoms with Crippen LogP contribution < -0.4 is 24.7 Å². The number of anilines is 2. The minimum absolute atomic E-state index is 0.0145. The number of hydrogen-bond donors (Lipinski definition) is 3. The van der Waals surface area contributed by atoms with Crippen molar-refractivity contribution >= 4 is 38.2 Å². The second-order valence-electron chi connectivity index (χ2n) is 10.7. The van der Waals surface area contributed by atoms with Gasteiger partial charge in [-0.2, -0.15) is 5.10 Å². The first-order valence-electron chi connectivity index (χ1n) is 14.6. The molecule has 0 fully saturated rings. The van der Waals surface area contributed by atoms with Gasteiger partial charge in [0.2, 0.25) is 17.4 Å². The van der Waals surface area contributed by atoms with E-state index in [2.05, 4.69) is 19.8 Å². The van der Waals surface area contributed by atoms with E-state index in [0.29, 0.717) is 22.4 Å². The van der Waals surface area contributed by atoms with E-state index >= 15 is 0 Å². The molecule has 0 saturated carbocycles. The maximum Gasteiger partial charge on any atom is 0.272 e. The first kappa shape index (κ1) is 33.8. The fraction of sp³-hybridized carbons (Fsp3) is 0.121. The highest BCUT2D eigenvalue weighted by atomic mass is 32.2. The van der Waals surface area contributed by atoms with E-state index in [0.717, 1.165) is 12.1 Å². The second kappa shape index (κ2) is 13.4. The third kappa shape index (κ3) is 6.75. The smallest absolute Gasteiger partial charge is 0.272 e. The number of methoxy groups -OCH3 is 1. The summed E-state index contributed by atoms with van der Waals surface area (Å²) in [7, 11) is -2.78. The van der Waals surface area contributed by atoms with Gasteiger partial charge in [0, 0.05) is 17.0 Å². The molecular weight excluding hydrogens is 684 g/mol. The van der Waals surface area contributed by atoms with E-state index in [1.165, 1.54) is 78.8 Å². The van der Waals surface area contributed by atoms with Gasteiger partial charge in [0.15, 0.2) is 11.6 Å². The summed E-state index contributed by atoms with van der Waals surface area (Å²) in [5.74, 6) is -2.98. The molecule has 0 unspecified atom stereocenters. The third-order valence-electron chi connectivity index (χ3n) is 7.41. The molecule has 3 aromatic carbocycles. The van der Waals surface area contributed by atoms with Gasteiger partial charge in [-0.1, -0.05) is 6.07 Å². The van der Waals surface area contributed by atoms with E-state index < -0.39 is 46.2 Å². The molecule has 0 bridgehead atoms. The van der Waals surface area contributed by atoms with Crippen LogP contribution in [0.3, 0.4) is 0 Å². The zero-order chi connectivity index (χ0) is 35.7. The number of H-pyrrole nitrogens is 1. The number of aryl methyl sites for hydroxylation is 1. The lowest BCUT2D eigenvalue weighted by Gasteiger charge is -2.14. The highest BCUT2D eigenvalue weighted by Crippen LogP contribution is 2.34. The van der Waals surface area contributed by atoms with Crippen molar-refractivity contribution in [1.29, 1.82) is 0 Å². The van der Waals surface area contributed by atoms with Crippen LogP contribution >= 0.6 is 0 Å². The van der Waals surface area contributed by atoms with E-state index in [4.69, 9.17) is 19.9 Å². The Hall–Kier alpha value is -6.10. The summed E-state index contributed by atoms with van der Waals surface area (Å²) in [5, 5.41) is 4.56. The summed E-state index contributed by atoms with van der Waals surface area (Å²) < 4.78 is 99.8. The lowest BCUT2D eigenvalue weighted by atomic mass is 10.1. The first-order chi connectivity index (χ1) is 23.8. The number of nitrogens with one attached hydrogen (secondary N) is 2. The van der Waals surface area contributed by atoms with Gasteiger partial charge in [-0.05, 0) is 67.1 Å². The van der Waals surface area contributed by atoms with Crippen molar-refractivity contribution in [2.24, 2.45) is 0 Å². The topological polar surface area (TPSA) is 163 Å². The lowest BCUT2D eigenvalue weighted by molar-refractivity contribution is 0.0823. The monoisotopic (exact) mass is 710 g/mol. The predicted molar refractivity (Wildman–Crippen MR) is 174 cm³/mol. The van der Waals surface area contributed by atoms with Gasteiger partial charge in [-0.15, -0.1) is 0 Å². The molecule has 3 heterocycles. The number of ketones is 1. The van der Waals surface area contributed by atoms with Crippen LogP contribution in [0.1, 0.15) is 21.6 Å². The van der Waals surface area contributed by atoms with Crippen molar-refractivity contribution in [3.63, 3.8) is 0 Å². The average Bonchev–Trinajstić information content (AvgIpc) is 3.68. The molecule has 4 N–H and O–H groups in total. The van der Waals surface area contributed by atoms with E-state index in [1.54, 1.807) is 6.92 Å². The Kier molecular flexibility index (Phi) is 9.07. The number of carbonyl (C=O) groups is 1. The minimum atomic E-state index is -4.20. The molecule has 0 atom stereocenters. The summed E-state index contributed by atoms with van der Waals surface area (Å²) in [6, 6.07) is 14.2. The van der Waals surface area contributed by atoms with Crippen molar-refractivity contribution in [2.75, 3.05) is 24.2 Å². The number of pyridine rings is 1. The zero-order valence-electron chi connectivity index (χ0n) is 26.1. The molecule has 0 saturated heterocycles. The van der Waals surface area contributed by atoms with E-state index in [1.807, 2.05) is 0 Å². The standard InChI is InChI=1S/C33H26F4N6O6S/c1-17-10-30(49-32-22(34)4-3-5-23(32)35)39-15-27(17)43-33(38)21(14-40-43)31(44)26-11-18-12-28(48-16-29(36)37)25(13-24(18)41-26)42-50(45,46)20-8-6-19(47-2)7-9-20/h3-15,29,41-42H,16,38H2,1-2H3. The Bertz CT molecular complexity index is 2330. The zero-order valence-corrected chi connectivity index (χ0v) is 26.9. The Morgan fingerprint density at radius 3 is 2.42 bits per heavy atom. The summed E-state index contributed by atoms with van der Waals surface area (Å²) in [6.07, 6.45) is -0.315. The molecule has 6 aromatic rings. The van der Waals surface area contributed by atoms with Crippen molar-refractivity contribution in [3.8, 4) is 28.8 Å². The SMILES string of the molecule is COc1ccc(S(=O)(=O)Nc2cc3[nH]c(C(=O)c4cnn(-c5cnc(Oc6c(F)cccc6F)cc5C)c4N)cc3cc2OCC(F)F)cc1. The summed E-state index contributed by atoms with van der Waals surface area (Å²) in [5.41, 5.74) is 7.29. The van der Waals surface area contributed by atoms with Crippen LogP contribution in [0.2, 0.25) is 0 Å². The normalized spacial score (nSPS) is 11.6. The second-order valence-corrected chi connectivity index (χ2v) is 12.4. The Morgan fingerprint density at radius 1 is 1.04 bits per heavy atom. The molecule has 0 aliphatic carbocycles. The third-order valence-corrected chi connectivity index (χ3v) is 8.79. The number of carbonyl (C=O) groups excluding carboxylic acids is 1. The van der Waals surface area contributed by atoms with Gasteiger partial charge >= 0.3 is 0 Å². The molecule has 17 heteroatoms. The van der Waals surface area contributed by atoms with Crippen LogP contribution in [0, 0.1) is 18.6 Å². The van der Waals surface area contributed by atoms with Crippen LogP contribution in [-0.2, 0) is 10.0 Å². The van der Waals surface area contributed by atoms with Gasteiger partial charge in [0.1, 0.15) is 23.9 Å². The molecule has 3 aromatic heterocycles. The number of halogens is 4. The Labute approximate surface area is 281 Å². The molecular formula is C33H26F4N6O6S. The Balaban J connectivity index is 1.29. The number of nitrogens with two attached hydrogens (primary N) is 1. The van der Waals surface area contributed by atoms with Crippen LogP contribution in [0.5, 0.6) is 23.1 Å². The number of nitrogens with zero attached hydrogens (tertiary/aromatic N) is 3. The van der Waals surface area contributed by atoms with Gasteiger partial charge in [-0.25, -0.2) is 35.6 Å². The van der Waals surface area contributed by atoms with Crippen LogP contribution in [-0.4, -0.2) is 54.1 Å². The average molecular weight is 711 g/mol. The van der Waals surface area contributed by atoms with Gasteiger partial charge in [0.05, 0.1) is 47.0 Å². The minimum Gasteiger partial charge on any atom is -0.497 e. The predicted octanol–water partition coefficient (Wildman–Crippen LogP) is 6.39. The molecule has 0 radical (unpaired) electrons. The number of rotatable bonds is 12. The number of nitrogen functional groups attached to an aromatic ring is 1. The molecule has 0 spiro atoms. The van der Waals surface area contributed by atoms with Gasteiger partial charge in [-0.3, -0.25) is 9.52 Å². The number of para-hydroxylation sites is 1. The number of aromatic amines is 1. The van der Waals surface area contributed by atoms with Crippen molar-refractivity contribution in [2.45, 2.75) is 18.2 Å². The van der Waals surface area contributed by atoms with Crippen LogP contribution in [0.25, 0.3) is 16.6 Å². The molecule has 12 nitrogen and oxygen atoms in total. The number of fused-ring (bicyclic) bond motifs is 1. The number of hydrogen-bond acceptors (Lipinski definition) is 9. The molecule has 0 aliphatic rings. The summed E-state index contributed by atoms with van der Waals surface area (Å²) >= 11 is 0. The number of benzene rings is 3. The summed E-state index contributed by atoms with van der Waals surface area (Å²) in [4.78, 5) is 20.5. The van der Waals surface area contributed by atoms with Gasteiger partial charge in [0.25, 0.3) is 16.4 Å².